The van der Waals surface area contributed by atoms with Gasteiger partial charge in [-0.3, -0.25) is 4.90 Å². The number of aryl methyl sites for hydroxylation is 1. The highest BCUT2D eigenvalue weighted by Gasteiger charge is 2.25. The van der Waals surface area contributed by atoms with Crippen molar-refractivity contribution in [3.05, 3.63) is 5.82 Å². The molecule has 0 aromatic carbocycles. The average molecular weight is 225 g/mol. The summed E-state index contributed by atoms with van der Waals surface area (Å²) in [7, 11) is 0. The fourth-order valence-corrected chi connectivity index (χ4v) is 2.21. The molecule has 0 aliphatic carbocycles. The van der Waals surface area contributed by atoms with Crippen LogP contribution in [0.5, 0.6) is 0 Å². The number of rotatable bonds is 5. The van der Waals surface area contributed by atoms with Crippen molar-refractivity contribution < 1.29 is 5.11 Å². The Morgan fingerprint density at radius 2 is 2.38 bits per heavy atom. The minimum absolute atomic E-state index is 0.231. The fraction of sp³-hybridized carbons (Fsp3) is 0.900. The molecule has 1 aromatic heterocycles. The SMILES string of the molecule is CCCn1nnnc1CN1CCC[C@H]1CO. The lowest BCUT2D eigenvalue weighted by Gasteiger charge is -2.21. The Hall–Kier alpha value is -1.01. The zero-order chi connectivity index (χ0) is 11.4. The van der Waals surface area contributed by atoms with E-state index in [0.29, 0.717) is 0 Å². The van der Waals surface area contributed by atoms with Gasteiger partial charge in [0.25, 0.3) is 0 Å². The first kappa shape index (κ1) is 11.5. The van der Waals surface area contributed by atoms with Gasteiger partial charge in [0.15, 0.2) is 5.82 Å². The van der Waals surface area contributed by atoms with Gasteiger partial charge in [-0.05, 0) is 36.2 Å². The molecule has 0 saturated carbocycles. The molecule has 6 heteroatoms. The van der Waals surface area contributed by atoms with Gasteiger partial charge < -0.3 is 5.11 Å². The van der Waals surface area contributed by atoms with Crippen molar-refractivity contribution in [1.82, 2.24) is 25.1 Å². The monoisotopic (exact) mass is 225 g/mol. The maximum atomic E-state index is 9.24. The van der Waals surface area contributed by atoms with Crippen LogP contribution in [0.25, 0.3) is 0 Å². The topological polar surface area (TPSA) is 67.1 Å². The summed E-state index contributed by atoms with van der Waals surface area (Å²) in [4.78, 5) is 2.26. The highest BCUT2D eigenvalue weighted by molar-refractivity contribution is 4.86. The average Bonchev–Trinajstić information content (AvgIpc) is 2.89. The van der Waals surface area contributed by atoms with E-state index in [0.717, 1.165) is 44.7 Å². The lowest BCUT2D eigenvalue weighted by Crippen LogP contribution is -2.32. The Morgan fingerprint density at radius 3 is 3.12 bits per heavy atom. The second kappa shape index (κ2) is 5.36. The van der Waals surface area contributed by atoms with Gasteiger partial charge in [-0.25, -0.2) is 4.68 Å². The molecule has 1 aromatic rings. The van der Waals surface area contributed by atoms with E-state index in [9.17, 15) is 5.11 Å². The van der Waals surface area contributed by atoms with Crippen molar-refractivity contribution in [3.63, 3.8) is 0 Å². The molecule has 0 radical (unpaired) electrons. The molecule has 0 unspecified atom stereocenters. The molecule has 0 spiro atoms. The number of tetrazole rings is 1. The van der Waals surface area contributed by atoms with E-state index in [1.165, 1.54) is 0 Å². The van der Waals surface area contributed by atoms with Crippen LogP contribution in [0, 0.1) is 0 Å². The van der Waals surface area contributed by atoms with Crippen LogP contribution in [0.3, 0.4) is 0 Å². The number of nitrogens with zero attached hydrogens (tertiary/aromatic N) is 5. The van der Waals surface area contributed by atoms with Crippen LogP contribution in [-0.2, 0) is 13.1 Å². The summed E-state index contributed by atoms with van der Waals surface area (Å²) in [5, 5.41) is 21.0. The Morgan fingerprint density at radius 1 is 1.50 bits per heavy atom. The summed E-state index contributed by atoms with van der Waals surface area (Å²) in [6, 6.07) is 0.284. The van der Waals surface area contributed by atoms with Crippen LogP contribution in [0.4, 0.5) is 0 Å². The van der Waals surface area contributed by atoms with E-state index >= 15 is 0 Å². The molecular formula is C10H19N5O. The van der Waals surface area contributed by atoms with Gasteiger partial charge in [0.1, 0.15) is 0 Å². The molecule has 1 N–H and O–H groups in total. The van der Waals surface area contributed by atoms with Crippen LogP contribution < -0.4 is 0 Å². The molecule has 2 heterocycles. The number of aliphatic hydroxyl groups excluding tert-OH is 1. The Bertz CT molecular complexity index is 327. The Kier molecular flexibility index (Phi) is 3.84. The van der Waals surface area contributed by atoms with E-state index in [1.54, 1.807) is 0 Å². The molecule has 16 heavy (non-hydrogen) atoms. The first-order valence-corrected chi connectivity index (χ1v) is 5.95. The summed E-state index contributed by atoms with van der Waals surface area (Å²) < 4.78 is 1.85. The third-order valence-corrected chi connectivity index (χ3v) is 3.10. The fourth-order valence-electron chi connectivity index (χ4n) is 2.21. The Labute approximate surface area is 95.2 Å². The van der Waals surface area contributed by atoms with E-state index in [1.807, 2.05) is 4.68 Å². The normalized spacial score (nSPS) is 21.8. The van der Waals surface area contributed by atoms with Gasteiger partial charge >= 0.3 is 0 Å². The van der Waals surface area contributed by atoms with Crippen molar-refractivity contribution >= 4 is 0 Å². The smallest absolute Gasteiger partial charge is 0.165 e. The molecule has 1 saturated heterocycles. The third-order valence-electron chi connectivity index (χ3n) is 3.10. The number of hydrogen-bond donors (Lipinski definition) is 1. The largest absolute Gasteiger partial charge is 0.395 e. The van der Waals surface area contributed by atoms with E-state index in [-0.39, 0.29) is 12.6 Å². The zero-order valence-electron chi connectivity index (χ0n) is 9.71. The molecule has 1 aliphatic heterocycles. The molecule has 1 atom stereocenters. The van der Waals surface area contributed by atoms with Crippen molar-refractivity contribution in [1.29, 1.82) is 0 Å². The molecule has 0 amide bonds. The summed E-state index contributed by atoms with van der Waals surface area (Å²) in [6.07, 6.45) is 3.26. The van der Waals surface area contributed by atoms with E-state index in [4.69, 9.17) is 0 Å². The minimum atomic E-state index is 0.231. The summed E-state index contributed by atoms with van der Waals surface area (Å²) in [5.41, 5.74) is 0. The van der Waals surface area contributed by atoms with Crippen molar-refractivity contribution in [2.45, 2.75) is 45.3 Å². The number of aliphatic hydroxyl groups is 1. The summed E-state index contributed by atoms with van der Waals surface area (Å²) in [6.45, 7) is 4.98. The van der Waals surface area contributed by atoms with E-state index in [2.05, 4.69) is 27.3 Å². The predicted molar refractivity (Wildman–Crippen MR) is 58.6 cm³/mol. The van der Waals surface area contributed by atoms with Gasteiger partial charge in [0.2, 0.25) is 0 Å². The molecule has 1 fully saturated rings. The standard InChI is InChI=1S/C10H19N5O/c1-2-5-15-10(11-12-13-15)7-14-6-3-4-9(14)8-16/h9,16H,2-8H2,1H3/t9-/m0/s1. The van der Waals surface area contributed by atoms with Gasteiger partial charge in [0.05, 0.1) is 13.2 Å². The minimum Gasteiger partial charge on any atom is -0.395 e. The molecule has 90 valence electrons. The van der Waals surface area contributed by atoms with Crippen LogP contribution in [0.1, 0.15) is 32.0 Å². The highest BCUT2D eigenvalue weighted by Crippen LogP contribution is 2.18. The van der Waals surface area contributed by atoms with Gasteiger partial charge in [-0.15, -0.1) is 5.10 Å². The molecule has 6 nitrogen and oxygen atoms in total. The van der Waals surface area contributed by atoms with Crippen molar-refractivity contribution in [2.24, 2.45) is 0 Å². The summed E-state index contributed by atoms with van der Waals surface area (Å²) >= 11 is 0. The van der Waals surface area contributed by atoms with E-state index < -0.39 is 0 Å². The first-order valence-electron chi connectivity index (χ1n) is 5.95. The van der Waals surface area contributed by atoms with Crippen LogP contribution >= 0.6 is 0 Å². The maximum absolute atomic E-state index is 9.24. The third kappa shape index (κ3) is 2.38. The number of aromatic nitrogens is 4. The van der Waals surface area contributed by atoms with Crippen molar-refractivity contribution in [3.8, 4) is 0 Å². The predicted octanol–water partition coefficient (Wildman–Crippen LogP) is 0.0398. The maximum Gasteiger partial charge on any atom is 0.165 e. The number of likely N-dealkylation sites (tertiary alicyclic amines) is 1. The molecular weight excluding hydrogens is 206 g/mol. The molecule has 1 aliphatic rings. The van der Waals surface area contributed by atoms with Crippen molar-refractivity contribution in [2.75, 3.05) is 13.2 Å². The zero-order valence-corrected chi connectivity index (χ0v) is 9.71. The van der Waals surface area contributed by atoms with Crippen LogP contribution in [0.2, 0.25) is 0 Å². The Balaban J connectivity index is 1.99. The summed E-state index contributed by atoms with van der Waals surface area (Å²) in [5.74, 6) is 0.905. The number of hydrogen-bond acceptors (Lipinski definition) is 5. The first-order chi connectivity index (χ1) is 7.85. The lowest BCUT2D eigenvalue weighted by molar-refractivity contribution is 0.149. The van der Waals surface area contributed by atoms with Gasteiger partial charge in [0, 0.05) is 12.6 Å². The second-order valence-corrected chi connectivity index (χ2v) is 4.27. The highest BCUT2D eigenvalue weighted by atomic mass is 16.3. The molecule has 0 bridgehead atoms. The van der Waals surface area contributed by atoms with Crippen LogP contribution in [-0.4, -0.2) is 49.4 Å². The second-order valence-electron chi connectivity index (χ2n) is 4.27. The lowest BCUT2D eigenvalue weighted by atomic mass is 10.2. The quantitative estimate of drug-likeness (QED) is 0.766. The van der Waals surface area contributed by atoms with Gasteiger partial charge in [-0.2, -0.15) is 0 Å². The van der Waals surface area contributed by atoms with Gasteiger partial charge in [-0.1, -0.05) is 6.92 Å². The van der Waals surface area contributed by atoms with Crippen LogP contribution in [0.15, 0.2) is 0 Å². The molecule has 2 rings (SSSR count).